The van der Waals surface area contributed by atoms with E-state index >= 15 is 8.78 Å². The van der Waals surface area contributed by atoms with E-state index < -0.39 is 19.5 Å². The summed E-state index contributed by atoms with van der Waals surface area (Å²) in [6.45, 7) is 2.55. The highest BCUT2D eigenvalue weighted by molar-refractivity contribution is 7.24. The average molecular weight is 455 g/mol. The zero-order valence-electron chi connectivity index (χ0n) is 17.2. The largest absolute Gasteiger partial charge is 0.473 e. The van der Waals surface area contributed by atoms with Gasteiger partial charge in [-0.3, -0.25) is 0 Å². The van der Waals surface area contributed by atoms with Crippen molar-refractivity contribution in [2.45, 2.75) is 20.2 Å². The van der Waals surface area contributed by atoms with Crippen LogP contribution in [-0.2, 0) is 26.9 Å². The van der Waals surface area contributed by atoms with E-state index in [4.69, 9.17) is 0 Å². The molecule has 3 aromatic heterocycles. The molecule has 162 valence electrons. The molecular formula is C23H20F2N3O3P+2. The third-order valence-corrected chi connectivity index (χ3v) is 5.40. The van der Waals surface area contributed by atoms with Crippen LogP contribution < -0.4 is 9.13 Å². The van der Waals surface area contributed by atoms with Gasteiger partial charge in [0.05, 0.1) is 11.4 Å². The molecule has 0 unspecified atom stereocenters. The molecule has 0 aliphatic heterocycles. The molecule has 0 N–H and O–H groups in total. The van der Waals surface area contributed by atoms with Gasteiger partial charge in [-0.25, -0.2) is 27.0 Å². The molecule has 9 heteroatoms. The summed E-state index contributed by atoms with van der Waals surface area (Å²) in [4.78, 5) is 0. The lowest BCUT2D eigenvalue weighted by atomic mass is 10.1. The molecule has 0 atom stereocenters. The summed E-state index contributed by atoms with van der Waals surface area (Å²) < 4.78 is 61.4. The van der Waals surface area contributed by atoms with Crippen LogP contribution in [0.2, 0.25) is 0 Å². The fourth-order valence-electron chi connectivity index (χ4n) is 3.50. The van der Waals surface area contributed by atoms with E-state index in [2.05, 4.69) is 4.52 Å². The standard InChI is InChI=1S/C23H20F2N3O3P/c1-2-26-12-8-17(9-13-26)22-20(24)21(25)23(28(22)19-6-4-3-5-7-19)18-10-14-27(15-11-18)16-31-32(29)30/h3-15H,2,16H2,1H3/q+2. The lowest BCUT2D eigenvalue weighted by Crippen LogP contribution is -2.32. The summed E-state index contributed by atoms with van der Waals surface area (Å²) in [6, 6.07) is 15.7. The van der Waals surface area contributed by atoms with E-state index in [1.165, 1.54) is 4.57 Å². The lowest BCUT2D eigenvalue weighted by molar-refractivity contribution is -0.724. The van der Waals surface area contributed by atoms with Gasteiger partial charge in [-0.2, -0.15) is 4.57 Å². The maximum absolute atomic E-state index is 15.3. The first-order valence-electron chi connectivity index (χ1n) is 9.91. The smallest absolute Gasteiger partial charge is 0.304 e. The molecule has 0 saturated heterocycles. The van der Waals surface area contributed by atoms with Crippen LogP contribution in [0.3, 0.4) is 0 Å². The third-order valence-electron chi connectivity index (χ3n) is 5.08. The van der Waals surface area contributed by atoms with Gasteiger partial charge in [0, 0.05) is 41.1 Å². The Hall–Kier alpha value is -3.48. The summed E-state index contributed by atoms with van der Waals surface area (Å²) in [5.74, 6) is -1.91. The quantitative estimate of drug-likeness (QED) is 0.299. The molecule has 4 aromatic rings. The summed E-state index contributed by atoms with van der Waals surface area (Å²) in [6.07, 6.45) is 6.72. The Kier molecular flexibility index (Phi) is 6.35. The lowest BCUT2D eigenvalue weighted by Gasteiger charge is -2.13. The van der Waals surface area contributed by atoms with Crippen molar-refractivity contribution in [3.63, 3.8) is 0 Å². The van der Waals surface area contributed by atoms with Crippen LogP contribution in [0, 0.1) is 11.6 Å². The number of hydrogen-bond acceptors (Lipinski definition) is 3. The van der Waals surface area contributed by atoms with Gasteiger partial charge < -0.3 is 4.57 Å². The second-order valence-corrected chi connectivity index (χ2v) is 7.70. The van der Waals surface area contributed by atoms with Crippen molar-refractivity contribution in [3.05, 3.63) is 91.0 Å². The molecule has 4 rings (SSSR count). The Morgan fingerprint density at radius 1 is 0.812 bits per heavy atom. The molecule has 0 aliphatic rings. The first-order chi connectivity index (χ1) is 15.5. The number of halogens is 2. The van der Waals surface area contributed by atoms with Crippen molar-refractivity contribution in [2.24, 2.45) is 0 Å². The second kappa shape index (κ2) is 9.34. The Labute approximate surface area is 183 Å². The highest BCUT2D eigenvalue weighted by atomic mass is 31.1. The first-order valence-corrected chi connectivity index (χ1v) is 11.0. The topological polar surface area (TPSA) is 56.1 Å². The number of aromatic nitrogens is 3. The van der Waals surface area contributed by atoms with Crippen LogP contribution in [0.4, 0.5) is 8.78 Å². The number of nitrogens with zero attached hydrogens (tertiary/aromatic N) is 3. The fourth-order valence-corrected chi connectivity index (χ4v) is 3.73. The summed E-state index contributed by atoms with van der Waals surface area (Å²) in [5.41, 5.74) is 1.77. The van der Waals surface area contributed by atoms with Gasteiger partial charge in [0.2, 0.25) is 0 Å². The van der Waals surface area contributed by atoms with Crippen molar-refractivity contribution in [1.82, 2.24) is 4.57 Å². The second-order valence-electron chi connectivity index (χ2n) is 7.00. The van der Waals surface area contributed by atoms with Crippen LogP contribution in [-0.4, -0.2) is 4.57 Å². The van der Waals surface area contributed by atoms with E-state index in [9.17, 15) is 9.13 Å². The molecule has 0 radical (unpaired) electrons. The predicted octanol–water partition coefficient (Wildman–Crippen LogP) is 4.75. The van der Waals surface area contributed by atoms with Gasteiger partial charge in [0.15, 0.2) is 36.4 Å². The van der Waals surface area contributed by atoms with E-state index in [0.717, 1.165) is 6.54 Å². The van der Waals surface area contributed by atoms with E-state index in [1.807, 2.05) is 30.0 Å². The third kappa shape index (κ3) is 4.28. The number of aryl methyl sites for hydroxylation is 1. The molecule has 0 amide bonds. The fraction of sp³-hybridized carbons (Fsp3) is 0.130. The van der Waals surface area contributed by atoms with Gasteiger partial charge in [0.25, 0.3) is 6.73 Å². The SMILES string of the molecule is CC[n+]1ccc(-c2c(F)c(F)c(-c3cc[n+](COP(=O)=O)cc3)n2-c2ccccc2)cc1. The highest BCUT2D eigenvalue weighted by Gasteiger charge is 2.27. The predicted molar refractivity (Wildman–Crippen MR) is 112 cm³/mol. The van der Waals surface area contributed by atoms with Crippen molar-refractivity contribution in [1.29, 1.82) is 0 Å². The van der Waals surface area contributed by atoms with E-state index in [0.29, 0.717) is 16.8 Å². The van der Waals surface area contributed by atoms with Gasteiger partial charge in [-0.05, 0) is 19.1 Å². The zero-order chi connectivity index (χ0) is 22.7. The maximum atomic E-state index is 15.3. The molecule has 6 nitrogen and oxygen atoms in total. The molecule has 0 spiro atoms. The molecule has 0 fully saturated rings. The van der Waals surface area contributed by atoms with Gasteiger partial charge in [-0.1, -0.05) is 18.2 Å². The zero-order valence-corrected chi connectivity index (χ0v) is 18.1. The van der Waals surface area contributed by atoms with E-state index in [1.54, 1.807) is 65.5 Å². The highest BCUT2D eigenvalue weighted by Crippen LogP contribution is 2.37. The van der Waals surface area contributed by atoms with Crippen molar-refractivity contribution in [2.75, 3.05) is 0 Å². The minimum absolute atomic E-state index is 0.0684. The Balaban J connectivity index is 1.89. The first kappa shape index (κ1) is 21.7. The Bertz CT molecular complexity index is 1300. The van der Waals surface area contributed by atoms with Crippen LogP contribution in [0.5, 0.6) is 0 Å². The number of benzene rings is 1. The Morgan fingerprint density at radius 3 is 1.78 bits per heavy atom. The van der Waals surface area contributed by atoms with Gasteiger partial charge >= 0.3 is 7.91 Å². The monoisotopic (exact) mass is 455 g/mol. The number of rotatable bonds is 7. The molecule has 1 aromatic carbocycles. The minimum atomic E-state index is -2.98. The summed E-state index contributed by atoms with van der Waals surface area (Å²) in [5, 5.41) is 0. The van der Waals surface area contributed by atoms with Gasteiger partial charge in [0.1, 0.15) is 6.54 Å². The van der Waals surface area contributed by atoms with Crippen molar-refractivity contribution in [3.8, 4) is 28.2 Å². The van der Waals surface area contributed by atoms with Crippen LogP contribution >= 0.6 is 7.91 Å². The van der Waals surface area contributed by atoms with E-state index in [-0.39, 0.29) is 18.1 Å². The normalized spacial score (nSPS) is 11.0. The van der Waals surface area contributed by atoms with Gasteiger partial charge in [-0.15, -0.1) is 0 Å². The molecule has 0 saturated carbocycles. The average Bonchev–Trinajstić information content (AvgIpc) is 3.09. The minimum Gasteiger partial charge on any atom is -0.304 e. The molecule has 32 heavy (non-hydrogen) atoms. The van der Waals surface area contributed by atoms with Crippen molar-refractivity contribution >= 4 is 7.91 Å². The molecule has 3 heterocycles. The summed E-state index contributed by atoms with van der Waals surface area (Å²) in [7, 11) is -2.98. The number of pyridine rings is 2. The Morgan fingerprint density at radius 2 is 1.31 bits per heavy atom. The molecule has 0 bridgehead atoms. The molecule has 0 aliphatic carbocycles. The maximum Gasteiger partial charge on any atom is 0.473 e. The van der Waals surface area contributed by atoms with Crippen LogP contribution in [0.15, 0.2) is 79.4 Å². The number of hydrogen-bond donors (Lipinski definition) is 0. The summed E-state index contributed by atoms with van der Waals surface area (Å²) >= 11 is 0. The van der Waals surface area contributed by atoms with Crippen molar-refractivity contribution < 1.29 is 31.6 Å². The van der Waals surface area contributed by atoms with Crippen LogP contribution in [0.1, 0.15) is 6.92 Å². The number of para-hydroxylation sites is 1. The molecular weight excluding hydrogens is 435 g/mol. The van der Waals surface area contributed by atoms with Crippen LogP contribution in [0.25, 0.3) is 28.2 Å².